The van der Waals surface area contributed by atoms with Crippen molar-refractivity contribution >= 4 is 14.5 Å². The molecule has 2 rings (SSSR count). The van der Waals surface area contributed by atoms with Crippen LogP contribution in [0.25, 0.3) is 0 Å². The molecule has 0 aliphatic rings. The van der Waals surface area contributed by atoms with Crippen molar-refractivity contribution in [3.8, 4) is 0 Å². The fourth-order valence-electron chi connectivity index (χ4n) is 1.40. The third-order valence-corrected chi connectivity index (χ3v) is 2.43. The monoisotopic (exact) mass is 201 g/mol. The minimum atomic E-state index is 0.906. The SMILES string of the molecule is Pc1ccnc(Cc2ccccc2)c1. The Labute approximate surface area is 86.4 Å². The predicted molar refractivity (Wildman–Crippen MR) is 62.8 cm³/mol. The van der Waals surface area contributed by atoms with E-state index in [9.17, 15) is 0 Å². The molecule has 70 valence electrons. The van der Waals surface area contributed by atoms with Gasteiger partial charge in [-0.1, -0.05) is 30.3 Å². The topological polar surface area (TPSA) is 12.9 Å². The summed E-state index contributed by atoms with van der Waals surface area (Å²) in [5.41, 5.74) is 2.42. The first-order valence-corrected chi connectivity index (χ1v) is 5.16. The van der Waals surface area contributed by atoms with Crippen molar-refractivity contribution in [1.29, 1.82) is 0 Å². The fraction of sp³-hybridized carbons (Fsp3) is 0.0833. The summed E-state index contributed by atoms with van der Waals surface area (Å²) in [4.78, 5) is 4.32. The summed E-state index contributed by atoms with van der Waals surface area (Å²) in [6.07, 6.45) is 2.75. The molecule has 2 aromatic rings. The molecule has 1 nitrogen and oxygen atoms in total. The lowest BCUT2D eigenvalue weighted by Gasteiger charge is -2.01. The summed E-state index contributed by atoms with van der Waals surface area (Å²) in [6.45, 7) is 0. The van der Waals surface area contributed by atoms with Gasteiger partial charge in [0.25, 0.3) is 0 Å². The van der Waals surface area contributed by atoms with E-state index in [1.165, 1.54) is 10.9 Å². The molecule has 0 radical (unpaired) electrons. The van der Waals surface area contributed by atoms with Gasteiger partial charge in [-0.15, -0.1) is 9.24 Å². The molecule has 2 heteroatoms. The minimum Gasteiger partial charge on any atom is -0.261 e. The van der Waals surface area contributed by atoms with E-state index in [0.29, 0.717) is 0 Å². The van der Waals surface area contributed by atoms with Crippen molar-refractivity contribution < 1.29 is 0 Å². The molecule has 0 fully saturated rings. The van der Waals surface area contributed by atoms with Crippen LogP contribution in [0.1, 0.15) is 11.3 Å². The Morgan fingerprint density at radius 1 is 1.07 bits per heavy atom. The molecule has 1 aromatic heterocycles. The van der Waals surface area contributed by atoms with Gasteiger partial charge in [-0.3, -0.25) is 4.98 Å². The molecule has 0 saturated heterocycles. The second-order valence-electron chi connectivity index (χ2n) is 3.24. The highest BCUT2D eigenvalue weighted by Gasteiger charge is 1.96. The molecule has 1 atom stereocenters. The van der Waals surface area contributed by atoms with Crippen molar-refractivity contribution in [2.24, 2.45) is 0 Å². The fourth-order valence-corrected chi connectivity index (χ4v) is 1.68. The smallest absolute Gasteiger partial charge is 0.0453 e. The minimum absolute atomic E-state index is 0.906. The van der Waals surface area contributed by atoms with E-state index in [1.807, 2.05) is 18.3 Å². The molecule has 1 unspecified atom stereocenters. The first kappa shape index (κ1) is 9.36. The van der Waals surface area contributed by atoms with Crippen LogP contribution < -0.4 is 5.30 Å². The number of hydrogen-bond acceptors (Lipinski definition) is 1. The number of pyridine rings is 1. The van der Waals surface area contributed by atoms with Crippen LogP contribution in [0, 0.1) is 0 Å². The molecule has 0 saturated carbocycles. The Bertz CT molecular complexity index is 412. The molecule has 0 aliphatic carbocycles. The number of benzene rings is 1. The van der Waals surface area contributed by atoms with Crippen LogP contribution in [0.15, 0.2) is 48.7 Å². The highest BCUT2D eigenvalue weighted by Crippen LogP contribution is 2.05. The first-order valence-electron chi connectivity index (χ1n) is 4.59. The van der Waals surface area contributed by atoms with Gasteiger partial charge in [-0.05, 0) is 23.0 Å². The summed E-state index contributed by atoms with van der Waals surface area (Å²) in [5, 5.41) is 1.19. The molecule has 0 aliphatic heterocycles. The zero-order valence-corrected chi connectivity index (χ0v) is 9.01. The predicted octanol–water partition coefficient (Wildman–Crippen LogP) is 2.17. The van der Waals surface area contributed by atoms with Gasteiger partial charge in [0.15, 0.2) is 0 Å². The van der Waals surface area contributed by atoms with Crippen molar-refractivity contribution in [2.45, 2.75) is 6.42 Å². The molecule has 14 heavy (non-hydrogen) atoms. The Kier molecular flexibility index (Phi) is 2.90. The van der Waals surface area contributed by atoms with E-state index in [0.717, 1.165) is 12.1 Å². The maximum atomic E-state index is 4.32. The van der Waals surface area contributed by atoms with Crippen LogP contribution >= 0.6 is 9.24 Å². The van der Waals surface area contributed by atoms with Crippen molar-refractivity contribution in [3.63, 3.8) is 0 Å². The lowest BCUT2D eigenvalue weighted by atomic mass is 10.1. The summed E-state index contributed by atoms with van der Waals surface area (Å²) >= 11 is 0. The lowest BCUT2D eigenvalue weighted by molar-refractivity contribution is 1.08. The van der Waals surface area contributed by atoms with Crippen LogP contribution in [0.2, 0.25) is 0 Å². The molecule has 0 N–H and O–H groups in total. The molecular weight excluding hydrogens is 189 g/mol. The Balaban J connectivity index is 2.19. The molecule has 0 spiro atoms. The van der Waals surface area contributed by atoms with Crippen LogP contribution in [-0.2, 0) is 6.42 Å². The molecular formula is C12H12NP. The molecule has 0 bridgehead atoms. The normalized spacial score (nSPS) is 10.1. The second kappa shape index (κ2) is 4.34. The Hall–Kier alpha value is -1.20. The first-order chi connectivity index (χ1) is 6.84. The molecule has 1 aromatic carbocycles. The third-order valence-electron chi connectivity index (χ3n) is 2.07. The van der Waals surface area contributed by atoms with Gasteiger partial charge >= 0.3 is 0 Å². The third kappa shape index (κ3) is 2.40. The largest absolute Gasteiger partial charge is 0.261 e. The van der Waals surface area contributed by atoms with Crippen molar-refractivity contribution in [2.75, 3.05) is 0 Å². The van der Waals surface area contributed by atoms with E-state index in [-0.39, 0.29) is 0 Å². The highest BCUT2D eigenvalue weighted by atomic mass is 31.0. The molecule has 1 heterocycles. The Morgan fingerprint density at radius 3 is 2.57 bits per heavy atom. The van der Waals surface area contributed by atoms with Gasteiger partial charge in [-0.2, -0.15) is 0 Å². The average molecular weight is 201 g/mol. The lowest BCUT2D eigenvalue weighted by Crippen LogP contribution is -1.97. The summed E-state index contributed by atoms with van der Waals surface area (Å²) < 4.78 is 0. The van der Waals surface area contributed by atoms with Crippen molar-refractivity contribution in [3.05, 3.63) is 59.9 Å². The number of hydrogen-bond donors (Lipinski definition) is 0. The Morgan fingerprint density at radius 2 is 1.86 bits per heavy atom. The van der Waals surface area contributed by atoms with Gasteiger partial charge in [0.05, 0.1) is 0 Å². The van der Waals surface area contributed by atoms with Gasteiger partial charge in [0, 0.05) is 18.3 Å². The van der Waals surface area contributed by atoms with E-state index in [4.69, 9.17) is 0 Å². The zero-order valence-electron chi connectivity index (χ0n) is 7.85. The van der Waals surface area contributed by atoms with Crippen molar-refractivity contribution in [1.82, 2.24) is 4.98 Å². The number of aromatic nitrogens is 1. The summed E-state index contributed by atoms with van der Waals surface area (Å²) in [5.74, 6) is 0. The van der Waals surface area contributed by atoms with E-state index in [2.05, 4.69) is 44.6 Å². The van der Waals surface area contributed by atoms with E-state index >= 15 is 0 Å². The van der Waals surface area contributed by atoms with Crippen LogP contribution in [0.3, 0.4) is 0 Å². The summed E-state index contributed by atoms with van der Waals surface area (Å²) in [6, 6.07) is 14.5. The van der Waals surface area contributed by atoms with Gasteiger partial charge < -0.3 is 0 Å². The van der Waals surface area contributed by atoms with Gasteiger partial charge in [0.1, 0.15) is 0 Å². The average Bonchev–Trinajstić information content (AvgIpc) is 2.19. The quantitative estimate of drug-likeness (QED) is 0.678. The summed E-state index contributed by atoms with van der Waals surface area (Å²) in [7, 11) is 2.69. The highest BCUT2D eigenvalue weighted by molar-refractivity contribution is 7.27. The maximum Gasteiger partial charge on any atom is 0.0453 e. The number of nitrogens with zero attached hydrogens (tertiary/aromatic N) is 1. The zero-order chi connectivity index (χ0) is 9.80. The van der Waals surface area contributed by atoms with Crippen LogP contribution in [0.4, 0.5) is 0 Å². The van der Waals surface area contributed by atoms with E-state index < -0.39 is 0 Å². The standard InChI is InChI=1S/C12H12NP/c14-12-6-7-13-11(9-12)8-10-4-2-1-3-5-10/h1-7,9H,8,14H2. The maximum absolute atomic E-state index is 4.32. The van der Waals surface area contributed by atoms with Gasteiger partial charge in [-0.25, -0.2) is 0 Å². The van der Waals surface area contributed by atoms with Gasteiger partial charge in [0.2, 0.25) is 0 Å². The second-order valence-corrected chi connectivity index (χ2v) is 3.91. The van der Waals surface area contributed by atoms with Crippen LogP contribution in [0.5, 0.6) is 0 Å². The number of rotatable bonds is 2. The van der Waals surface area contributed by atoms with Crippen LogP contribution in [-0.4, -0.2) is 4.98 Å². The van der Waals surface area contributed by atoms with E-state index in [1.54, 1.807) is 0 Å². The molecule has 0 amide bonds.